The molecule has 2 aromatic carbocycles. The van der Waals surface area contributed by atoms with Crippen LogP contribution in [0.25, 0.3) is 11.3 Å². The number of aryl methyl sites for hydroxylation is 1. The maximum Gasteiger partial charge on any atom is 0.257 e. The fraction of sp³-hybridized carbons (Fsp3) is 0.111. The lowest BCUT2D eigenvalue weighted by atomic mass is 10.1. The van der Waals surface area contributed by atoms with Crippen molar-refractivity contribution < 1.29 is 4.79 Å². The molecular formula is C18H15ClN2OS2. The molecule has 0 radical (unpaired) electrons. The van der Waals surface area contributed by atoms with Gasteiger partial charge in [-0.15, -0.1) is 23.1 Å². The number of carbonyl (C=O) groups excluding carboxylic acids is 1. The van der Waals surface area contributed by atoms with E-state index in [-0.39, 0.29) is 5.91 Å². The van der Waals surface area contributed by atoms with Gasteiger partial charge in [-0.05, 0) is 43.5 Å². The average molecular weight is 375 g/mol. The minimum Gasteiger partial charge on any atom is -0.322 e. The van der Waals surface area contributed by atoms with Crippen LogP contribution in [0.15, 0.2) is 52.7 Å². The van der Waals surface area contributed by atoms with E-state index >= 15 is 0 Å². The summed E-state index contributed by atoms with van der Waals surface area (Å²) in [5, 5.41) is 6.39. The van der Waals surface area contributed by atoms with Gasteiger partial charge in [0.2, 0.25) is 0 Å². The Balaban J connectivity index is 1.77. The molecule has 0 unspecified atom stereocenters. The first-order valence-electron chi connectivity index (χ1n) is 7.24. The van der Waals surface area contributed by atoms with Crippen LogP contribution in [0.4, 0.5) is 5.69 Å². The fourth-order valence-corrected chi connectivity index (χ4v) is 3.49. The van der Waals surface area contributed by atoms with Crippen LogP contribution in [0.1, 0.15) is 15.4 Å². The largest absolute Gasteiger partial charge is 0.322 e. The standard InChI is InChI=1S/C18H15ClN2OS2/c1-11-20-17(10-24-11)12-3-5-13(6-4-12)21-18(22)15-9-14(23-2)7-8-16(15)19/h3-10H,1-2H3,(H,21,22). The molecule has 3 rings (SSSR count). The highest BCUT2D eigenvalue weighted by Crippen LogP contribution is 2.25. The molecule has 0 aliphatic heterocycles. The van der Waals surface area contributed by atoms with Crippen LogP contribution >= 0.6 is 34.7 Å². The third-order valence-corrected chi connectivity index (χ3v) is 5.30. The van der Waals surface area contributed by atoms with Gasteiger partial charge in [0, 0.05) is 21.5 Å². The van der Waals surface area contributed by atoms with Gasteiger partial charge in [-0.2, -0.15) is 0 Å². The number of aromatic nitrogens is 1. The quantitative estimate of drug-likeness (QED) is 0.591. The number of hydrogen-bond donors (Lipinski definition) is 1. The summed E-state index contributed by atoms with van der Waals surface area (Å²) >= 11 is 9.34. The summed E-state index contributed by atoms with van der Waals surface area (Å²) < 4.78 is 0. The van der Waals surface area contributed by atoms with Crippen molar-refractivity contribution in [3.63, 3.8) is 0 Å². The summed E-state index contributed by atoms with van der Waals surface area (Å²) in [5.74, 6) is -0.215. The van der Waals surface area contributed by atoms with E-state index in [1.807, 2.05) is 48.9 Å². The molecule has 0 fully saturated rings. The number of nitrogens with zero attached hydrogens (tertiary/aromatic N) is 1. The summed E-state index contributed by atoms with van der Waals surface area (Å²) in [5.41, 5.74) is 3.18. The Bertz CT molecular complexity index is 875. The molecule has 0 saturated carbocycles. The van der Waals surface area contributed by atoms with Gasteiger partial charge in [0.1, 0.15) is 0 Å². The van der Waals surface area contributed by atoms with E-state index in [9.17, 15) is 4.79 Å². The number of thioether (sulfide) groups is 1. The molecule has 0 aliphatic rings. The molecule has 6 heteroatoms. The Hall–Kier alpha value is -1.82. The van der Waals surface area contributed by atoms with Crippen molar-refractivity contribution in [3.05, 3.63) is 63.4 Å². The van der Waals surface area contributed by atoms with Crippen LogP contribution in [-0.2, 0) is 0 Å². The summed E-state index contributed by atoms with van der Waals surface area (Å²) in [6, 6.07) is 13.1. The van der Waals surface area contributed by atoms with Crippen molar-refractivity contribution in [1.82, 2.24) is 4.98 Å². The number of halogens is 1. The maximum atomic E-state index is 12.4. The monoisotopic (exact) mass is 374 g/mol. The zero-order valence-corrected chi connectivity index (χ0v) is 15.6. The van der Waals surface area contributed by atoms with Crippen LogP contribution in [0, 0.1) is 6.92 Å². The van der Waals surface area contributed by atoms with E-state index in [1.54, 1.807) is 35.2 Å². The molecule has 0 atom stereocenters. The number of thiazole rings is 1. The highest BCUT2D eigenvalue weighted by atomic mass is 35.5. The van der Waals surface area contributed by atoms with Gasteiger partial charge in [0.05, 0.1) is 21.3 Å². The van der Waals surface area contributed by atoms with Crippen molar-refractivity contribution in [2.75, 3.05) is 11.6 Å². The number of benzene rings is 2. The summed E-state index contributed by atoms with van der Waals surface area (Å²) in [6.45, 7) is 1.98. The fourth-order valence-electron chi connectivity index (χ4n) is 2.22. The van der Waals surface area contributed by atoms with E-state index < -0.39 is 0 Å². The lowest BCUT2D eigenvalue weighted by molar-refractivity contribution is 0.102. The number of carbonyl (C=O) groups is 1. The molecule has 1 aromatic heterocycles. The van der Waals surface area contributed by atoms with Crippen LogP contribution in [0.2, 0.25) is 5.02 Å². The Morgan fingerprint density at radius 1 is 1.21 bits per heavy atom. The second kappa shape index (κ2) is 7.38. The van der Waals surface area contributed by atoms with E-state index in [1.165, 1.54) is 0 Å². The highest BCUT2D eigenvalue weighted by Gasteiger charge is 2.12. The molecule has 1 heterocycles. The Kier molecular flexibility index (Phi) is 5.23. The Morgan fingerprint density at radius 3 is 2.58 bits per heavy atom. The van der Waals surface area contributed by atoms with Crippen LogP contribution in [0.3, 0.4) is 0 Å². The van der Waals surface area contributed by atoms with Crippen molar-refractivity contribution in [2.24, 2.45) is 0 Å². The van der Waals surface area contributed by atoms with Gasteiger partial charge < -0.3 is 5.32 Å². The Morgan fingerprint density at radius 2 is 1.96 bits per heavy atom. The van der Waals surface area contributed by atoms with E-state index in [4.69, 9.17) is 11.6 Å². The summed E-state index contributed by atoms with van der Waals surface area (Å²) in [6.07, 6.45) is 1.96. The van der Waals surface area contributed by atoms with Crippen LogP contribution in [-0.4, -0.2) is 17.1 Å². The van der Waals surface area contributed by atoms with Crippen LogP contribution < -0.4 is 5.32 Å². The molecule has 1 amide bonds. The van der Waals surface area contributed by atoms with E-state index in [2.05, 4.69) is 10.3 Å². The summed E-state index contributed by atoms with van der Waals surface area (Å²) in [4.78, 5) is 17.9. The second-order valence-corrected chi connectivity index (χ2v) is 7.48. The molecule has 0 saturated heterocycles. The van der Waals surface area contributed by atoms with E-state index in [0.29, 0.717) is 10.6 Å². The van der Waals surface area contributed by atoms with Gasteiger partial charge in [-0.3, -0.25) is 4.79 Å². The summed E-state index contributed by atoms with van der Waals surface area (Å²) in [7, 11) is 0. The Labute approximate surface area is 154 Å². The molecule has 0 spiro atoms. The number of rotatable bonds is 4. The maximum absolute atomic E-state index is 12.4. The van der Waals surface area contributed by atoms with Gasteiger partial charge >= 0.3 is 0 Å². The number of hydrogen-bond acceptors (Lipinski definition) is 4. The zero-order valence-electron chi connectivity index (χ0n) is 13.2. The first-order chi connectivity index (χ1) is 11.6. The predicted molar refractivity (Wildman–Crippen MR) is 103 cm³/mol. The zero-order chi connectivity index (χ0) is 17.1. The smallest absolute Gasteiger partial charge is 0.257 e. The van der Waals surface area contributed by atoms with Crippen molar-refractivity contribution >= 4 is 46.3 Å². The van der Waals surface area contributed by atoms with Gasteiger partial charge in [0.25, 0.3) is 5.91 Å². The molecule has 24 heavy (non-hydrogen) atoms. The lowest BCUT2D eigenvalue weighted by Gasteiger charge is -2.08. The minimum absolute atomic E-state index is 0.215. The third kappa shape index (κ3) is 3.80. The van der Waals surface area contributed by atoms with Crippen molar-refractivity contribution in [2.45, 2.75) is 11.8 Å². The van der Waals surface area contributed by atoms with Crippen LogP contribution in [0.5, 0.6) is 0 Å². The lowest BCUT2D eigenvalue weighted by Crippen LogP contribution is -2.12. The molecule has 3 aromatic rings. The van der Waals surface area contributed by atoms with Gasteiger partial charge in [0.15, 0.2) is 0 Å². The minimum atomic E-state index is -0.215. The molecular weight excluding hydrogens is 360 g/mol. The number of amides is 1. The van der Waals surface area contributed by atoms with Crippen molar-refractivity contribution in [3.8, 4) is 11.3 Å². The molecule has 0 aliphatic carbocycles. The van der Waals surface area contributed by atoms with E-state index in [0.717, 1.165) is 26.8 Å². The third-order valence-electron chi connectivity index (χ3n) is 3.48. The topological polar surface area (TPSA) is 42.0 Å². The average Bonchev–Trinajstić information content (AvgIpc) is 3.02. The number of anilines is 1. The first kappa shape index (κ1) is 17.0. The SMILES string of the molecule is CSc1ccc(Cl)c(C(=O)Nc2ccc(-c3csc(C)n3)cc2)c1. The van der Waals surface area contributed by atoms with Gasteiger partial charge in [-0.1, -0.05) is 23.7 Å². The molecule has 3 nitrogen and oxygen atoms in total. The highest BCUT2D eigenvalue weighted by molar-refractivity contribution is 7.98. The van der Waals surface area contributed by atoms with Crippen molar-refractivity contribution in [1.29, 1.82) is 0 Å². The normalized spacial score (nSPS) is 10.6. The first-order valence-corrected chi connectivity index (χ1v) is 9.72. The molecule has 0 bridgehead atoms. The predicted octanol–water partition coefficient (Wildman–Crippen LogP) is 5.75. The van der Waals surface area contributed by atoms with Gasteiger partial charge in [-0.25, -0.2) is 4.98 Å². The number of nitrogens with one attached hydrogen (secondary N) is 1. The molecule has 122 valence electrons. The second-order valence-electron chi connectivity index (χ2n) is 5.13. The molecule has 1 N–H and O–H groups in total.